The van der Waals surface area contributed by atoms with E-state index in [0.717, 1.165) is 18.7 Å². The highest BCUT2D eigenvalue weighted by molar-refractivity contribution is 7.89. The molecule has 0 unspecified atom stereocenters. The Hall–Kier alpha value is -2.25. The highest BCUT2D eigenvalue weighted by Gasteiger charge is 2.19. The summed E-state index contributed by atoms with van der Waals surface area (Å²) in [7, 11) is -0.695. The summed E-state index contributed by atoms with van der Waals surface area (Å²) in [5.41, 5.74) is 2.34. The molecule has 0 aliphatic carbocycles. The molecule has 2 aromatic rings. The Morgan fingerprint density at radius 3 is 2.32 bits per heavy atom. The number of nitrogens with zero attached hydrogens (tertiary/aromatic N) is 1. The van der Waals surface area contributed by atoms with Gasteiger partial charge in [0.15, 0.2) is 0 Å². The summed E-state index contributed by atoms with van der Waals surface area (Å²) in [6, 6.07) is 13.1. The molecule has 1 fully saturated rings. The van der Waals surface area contributed by atoms with Crippen molar-refractivity contribution >= 4 is 15.7 Å². The number of benzene rings is 2. The van der Waals surface area contributed by atoms with Crippen LogP contribution in [0.25, 0.3) is 0 Å². The minimum atomic E-state index is -3.66. The monoisotopic (exact) mass is 404 g/mol. The second-order valence-corrected chi connectivity index (χ2v) is 8.61. The Morgan fingerprint density at radius 1 is 0.964 bits per heavy atom. The summed E-state index contributed by atoms with van der Waals surface area (Å²) in [6.07, 6.45) is 4.43. The predicted octanol–water partition coefficient (Wildman–Crippen LogP) is 3.22. The maximum Gasteiger partial charge on any atom is 0.244 e. The first-order chi connectivity index (χ1) is 13.5. The molecule has 0 radical (unpaired) electrons. The molecule has 0 aromatic heterocycles. The van der Waals surface area contributed by atoms with Gasteiger partial charge in [0.05, 0.1) is 14.2 Å². The number of hydrogen-bond acceptors (Lipinski definition) is 5. The second-order valence-electron chi connectivity index (χ2n) is 6.88. The molecule has 152 valence electrons. The zero-order valence-corrected chi connectivity index (χ0v) is 17.3. The highest BCUT2D eigenvalue weighted by atomic mass is 32.2. The third-order valence-corrected chi connectivity index (χ3v) is 6.52. The topological polar surface area (TPSA) is 67.9 Å². The molecule has 0 bridgehead atoms. The lowest BCUT2D eigenvalue weighted by Crippen LogP contribution is -2.29. The molecule has 2 aromatic carbocycles. The van der Waals surface area contributed by atoms with Gasteiger partial charge in [-0.1, -0.05) is 12.1 Å². The van der Waals surface area contributed by atoms with Crippen LogP contribution in [0.15, 0.2) is 47.4 Å². The Morgan fingerprint density at radius 2 is 1.68 bits per heavy atom. The van der Waals surface area contributed by atoms with E-state index in [1.54, 1.807) is 12.1 Å². The third kappa shape index (κ3) is 4.97. The molecule has 1 aliphatic rings. The number of piperidine rings is 1. The Balaban J connectivity index is 1.59. The van der Waals surface area contributed by atoms with Crippen molar-refractivity contribution in [3.05, 3.63) is 48.0 Å². The molecule has 0 saturated carbocycles. The minimum absolute atomic E-state index is 0.108. The molecule has 1 heterocycles. The van der Waals surface area contributed by atoms with Crippen molar-refractivity contribution in [3.8, 4) is 11.5 Å². The van der Waals surface area contributed by atoms with Gasteiger partial charge in [0, 0.05) is 31.4 Å². The van der Waals surface area contributed by atoms with Crippen LogP contribution in [0.2, 0.25) is 0 Å². The van der Waals surface area contributed by atoms with E-state index < -0.39 is 10.0 Å². The van der Waals surface area contributed by atoms with E-state index in [2.05, 4.69) is 33.9 Å². The summed E-state index contributed by atoms with van der Waals surface area (Å²) >= 11 is 0. The van der Waals surface area contributed by atoms with Gasteiger partial charge in [-0.25, -0.2) is 13.1 Å². The molecule has 1 N–H and O–H groups in total. The lowest BCUT2D eigenvalue weighted by molar-refractivity contribution is 0.386. The predicted molar refractivity (Wildman–Crippen MR) is 111 cm³/mol. The van der Waals surface area contributed by atoms with E-state index in [4.69, 9.17) is 9.47 Å². The molecule has 0 spiro atoms. The second kappa shape index (κ2) is 9.30. The average Bonchev–Trinajstić information content (AvgIpc) is 2.74. The van der Waals surface area contributed by atoms with Crippen molar-refractivity contribution in [2.75, 3.05) is 38.8 Å². The van der Waals surface area contributed by atoms with Crippen LogP contribution in [-0.2, 0) is 16.4 Å². The average molecular weight is 405 g/mol. The molecule has 28 heavy (non-hydrogen) atoms. The quantitative estimate of drug-likeness (QED) is 0.732. The summed E-state index contributed by atoms with van der Waals surface area (Å²) in [6.45, 7) is 2.55. The Bertz CT molecular complexity index is 876. The van der Waals surface area contributed by atoms with Gasteiger partial charge in [0.1, 0.15) is 16.4 Å². The van der Waals surface area contributed by atoms with Crippen molar-refractivity contribution in [1.29, 1.82) is 0 Å². The van der Waals surface area contributed by atoms with Gasteiger partial charge in [-0.15, -0.1) is 0 Å². The van der Waals surface area contributed by atoms with Gasteiger partial charge in [0.2, 0.25) is 10.0 Å². The van der Waals surface area contributed by atoms with Crippen LogP contribution in [-0.4, -0.2) is 42.3 Å². The standard InChI is InChI=1S/C21H28N2O4S/c1-26-19-10-11-21(20(16-19)27-2)28(24,25)22-13-12-17-6-8-18(9-7-17)23-14-4-3-5-15-23/h6-11,16,22H,3-5,12-15H2,1-2H3. The summed E-state index contributed by atoms with van der Waals surface area (Å²) in [4.78, 5) is 2.52. The normalized spacial score (nSPS) is 14.7. The van der Waals surface area contributed by atoms with E-state index in [1.807, 2.05) is 0 Å². The first kappa shape index (κ1) is 20.5. The SMILES string of the molecule is COc1ccc(S(=O)(=O)NCCc2ccc(N3CCCCC3)cc2)c(OC)c1. The summed E-state index contributed by atoms with van der Waals surface area (Å²) in [5.74, 6) is 0.808. The Labute approximate surface area is 167 Å². The largest absolute Gasteiger partial charge is 0.497 e. The van der Waals surface area contributed by atoms with Gasteiger partial charge in [-0.05, 0) is 55.5 Å². The molecule has 1 saturated heterocycles. The zero-order chi connectivity index (χ0) is 20.0. The summed E-state index contributed by atoms with van der Waals surface area (Å²) in [5, 5.41) is 0. The van der Waals surface area contributed by atoms with Crippen LogP contribution in [0.1, 0.15) is 24.8 Å². The van der Waals surface area contributed by atoms with Gasteiger partial charge in [0.25, 0.3) is 0 Å². The van der Waals surface area contributed by atoms with Crippen molar-refractivity contribution in [3.63, 3.8) is 0 Å². The van der Waals surface area contributed by atoms with Gasteiger partial charge < -0.3 is 14.4 Å². The highest BCUT2D eigenvalue weighted by Crippen LogP contribution is 2.28. The van der Waals surface area contributed by atoms with Crippen LogP contribution < -0.4 is 19.1 Å². The van der Waals surface area contributed by atoms with Crippen LogP contribution in [0.3, 0.4) is 0 Å². The fraction of sp³-hybridized carbons (Fsp3) is 0.429. The lowest BCUT2D eigenvalue weighted by atomic mass is 10.1. The van der Waals surface area contributed by atoms with Crippen LogP contribution in [0, 0.1) is 0 Å². The fourth-order valence-electron chi connectivity index (χ4n) is 3.43. The van der Waals surface area contributed by atoms with Crippen molar-refractivity contribution in [2.24, 2.45) is 0 Å². The van der Waals surface area contributed by atoms with Gasteiger partial charge >= 0.3 is 0 Å². The third-order valence-electron chi connectivity index (χ3n) is 5.02. The van der Waals surface area contributed by atoms with E-state index in [-0.39, 0.29) is 10.6 Å². The number of ether oxygens (including phenoxy) is 2. The van der Waals surface area contributed by atoms with Crippen LogP contribution in [0.4, 0.5) is 5.69 Å². The molecule has 6 nitrogen and oxygen atoms in total. The lowest BCUT2D eigenvalue weighted by Gasteiger charge is -2.28. The van der Waals surface area contributed by atoms with Crippen LogP contribution in [0.5, 0.6) is 11.5 Å². The molecule has 0 amide bonds. The molecule has 7 heteroatoms. The number of hydrogen-bond donors (Lipinski definition) is 1. The van der Waals surface area contributed by atoms with Gasteiger partial charge in [-0.3, -0.25) is 0 Å². The van der Waals surface area contributed by atoms with Crippen molar-refractivity contribution in [1.82, 2.24) is 4.72 Å². The molecule has 1 aliphatic heterocycles. The molecular formula is C21H28N2O4S. The number of anilines is 1. The molecule has 0 atom stereocenters. The summed E-state index contributed by atoms with van der Waals surface area (Å²) < 4.78 is 38.2. The smallest absolute Gasteiger partial charge is 0.244 e. The van der Waals surface area contributed by atoms with Crippen LogP contribution >= 0.6 is 0 Å². The Kier molecular flexibility index (Phi) is 6.80. The zero-order valence-electron chi connectivity index (χ0n) is 16.5. The van der Waals surface area contributed by atoms with Gasteiger partial charge in [-0.2, -0.15) is 0 Å². The van der Waals surface area contributed by atoms with Crippen molar-refractivity contribution in [2.45, 2.75) is 30.6 Å². The minimum Gasteiger partial charge on any atom is -0.497 e. The number of nitrogens with one attached hydrogen (secondary N) is 1. The number of rotatable bonds is 8. The number of sulfonamides is 1. The first-order valence-electron chi connectivity index (χ1n) is 9.59. The fourth-order valence-corrected chi connectivity index (χ4v) is 4.61. The van der Waals surface area contributed by atoms with E-state index in [0.29, 0.717) is 18.7 Å². The van der Waals surface area contributed by atoms with Crippen molar-refractivity contribution < 1.29 is 17.9 Å². The van der Waals surface area contributed by atoms with E-state index >= 15 is 0 Å². The maximum absolute atomic E-state index is 12.6. The van der Waals surface area contributed by atoms with E-state index in [9.17, 15) is 8.42 Å². The first-order valence-corrected chi connectivity index (χ1v) is 11.1. The maximum atomic E-state index is 12.6. The number of methoxy groups -OCH3 is 2. The molecule has 3 rings (SSSR count). The van der Waals surface area contributed by atoms with E-state index in [1.165, 1.54) is 45.2 Å². The molecular weight excluding hydrogens is 376 g/mol.